The molecule has 1 saturated heterocycles. The summed E-state index contributed by atoms with van der Waals surface area (Å²) in [5, 5.41) is 19.6. The van der Waals surface area contributed by atoms with Crippen molar-refractivity contribution in [2.45, 2.75) is 32.0 Å². The first-order valence-electron chi connectivity index (χ1n) is 6.65. The van der Waals surface area contributed by atoms with Crippen molar-refractivity contribution < 1.29 is 14.9 Å². The third-order valence-corrected chi connectivity index (χ3v) is 3.79. The highest BCUT2D eigenvalue weighted by Gasteiger charge is 2.31. The Morgan fingerprint density at radius 1 is 1.28 bits per heavy atom. The van der Waals surface area contributed by atoms with E-state index in [0.717, 1.165) is 12.8 Å². The van der Waals surface area contributed by atoms with Gasteiger partial charge in [0, 0.05) is 12.5 Å². The van der Waals surface area contributed by atoms with E-state index < -0.39 is 6.10 Å². The van der Waals surface area contributed by atoms with Gasteiger partial charge in [-0.3, -0.25) is 0 Å². The lowest BCUT2D eigenvalue weighted by atomic mass is 9.85. The van der Waals surface area contributed by atoms with Crippen LogP contribution < -0.4 is 0 Å². The van der Waals surface area contributed by atoms with Crippen LogP contribution in [0, 0.1) is 11.8 Å². The van der Waals surface area contributed by atoms with Gasteiger partial charge in [-0.05, 0) is 31.2 Å². The number of ether oxygens (including phenoxy) is 1. The molecule has 18 heavy (non-hydrogen) atoms. The van der Waals surface area contributed by atoms with Crippen LogP contribution >= 0.6 is 0 Å². The topological polar surface area (TPSA) is 49.7 Å². The molecular weight excluding hydrogens is 228 g/mol. The van der Waals surface area contributed by atoms with Gasteiger partial charge in [-0.25, -0.2) is 0 Å². The molecule has 0 radical (unpaired) electrons. The summed E-state index contributed by atoms with van der Waals surface area (Å²) in [7, 11) is 0. The van der Waals surface area contributed by atoms with Gasteiger partial charge in [-0.1, -0.05) is 30.3 Å². The fourth-order valence-electron chi connectivity index (χ4n) is 2.65. The Hall–Kier alpha value is -0.900. The Labute approximate surface area is 108 Å². The van der Waals surface area contributed by atoms with E-state index in [0.29, 0.717) is 6.61 Å². The van der Waals surface area contributed by atoms with Gasteiger partial charge in [0.25, 0.3) is 0 Å². The first-order valence-corrected chi connectivity index (χ1v) is 6.65. The summed E-state index contributed by atoms with van der Waals surface area (Å²) >= 11 is 0. The van der Waals surface area contributed by atoms with Crippen LogP contribution in [0.1, 0.15) is 18.9 Å². The van der Waals surface area contributed by atoms with E-state index in [2.05, 4.69) is 12.1 Å². The normalized spacial score (nSPS) is 33.1. The standard InChI is InChI=1S/C15H22O3/c1-11-15(17)14(8-13(9-16)10-18-11)7-12-5-3-2-4-6-12/h2-6,11,13-17H,7-10H2,1H3/t11-,13-,14-,15-/m1/s1. The summed E-state index contributed by atoms with van der Waals surface area (Å²) in [5.74, 6) is 0.292. The summed E-state index contributed by atoms with van der Waals surface area (Å²) in [5.41, 5.74) is 1.23. The molecule has 0 bridgehead atoms. The minimum absolute atomic E-state index is 0.130. The second kappa shape index (κ2) is 6.32. The molecule has 0 aliphatic carbocycles. The SMILES string of the molecule is C[C@H]1OC[C@@H](CO)C[C@@H](Cc2ccccc2)[C@@H]1O. The Morgan fingerprint density at radius 2 is 2.00 bits per heavy atom. The first-order chi connectivity index (χ1) is 8.70. The van der Waals surface area contributed by atoms with Gasteiger partial charge in [0.05, 0.1) is 18.8 Å². The molecule has 0 amide bonds. The highest BCUT2D eigenvalue weighted by Crippen LogP contribution is 2.27. The minimum atomic E-state index is -0.457. The molecule has 2 rings (SSSR count). The van der Waals surface area contributed by atoms with E-state index in [-0.39, 0.29) is 24.5 Å². The third-order valence-electron chi connectivity index (χ3n) is 3.79. The number of hydrogen-bond acceptors (Lipinski definition) is 3. The monoisotopic (exact) mass is 250 g/mol. The maximum absolute atomic E-state index is 10.3. The summed E-state index contributed by atoms with van der Waals surface area (Å²) in [6, 6.07) is 10.2. The zero-order valence-corrected chi connectivity index (χ0v) is 10.8. The van der Waals surface area contributed by atoms with Crippen molar-refractivity contribution in [3.63, 3.8) is 0 Å². The number of hydrogen-bond donors (Lipinski definition) is 2. The molecule has 100 valence electrons. The lowest BCUT2D eigenvalue weighted by Gasteiger charge is -2.24. The highest BCUT2D eigenvalue weighted by molar-refractivity contribution is 5.15. The zero-order chi connectivity index (χ0) is 13.0. The van der Waals surface area contributed by atoms with Gasteiger partial charge in [0.1, 0.15) is 0 Å². The van der Waals surface area contributed by atoms with Crippen molar-refractivity contribution in [2.24, 2.45) is 11.8 Å². The summed E-state index contributed by atoms with van der Waals surface area (Å²) in [6.45, 7) is 2.58. The molecule has 2 N–H and O–H groups in total. The molecular formula is C15H22O3. The van der Waals surface area contributed by atoms with E-state index in [1.165, 1.54) is 5.56 Å². The Bertz CT molecular complexity index is 352. The van der Waals surface area contributed by atoms with E-state index in [9.17, 15) is 10.2 Å². The first kappa shape index (κ1) is 13.5. The zero-order valence-electron chi connectivity index (χ0n) is 10.8. The van der Waals surface area contributed by atoms with Crippen LogP contribution in [0.15, 0.2) is 30.3 Å². The average Bonchev–Trinajstić information content (AvgIpc) is 2.53. The Morgan fingerprint density at radius 3 is 2.67 bits per heavy atom. The molecule has 0 spiro atoms. The van der Waals surface area contributed by atoms with Crippen molar-refractivity contribution in [3.8, 4) is 0 Å². The third kappa shape index (κ3) is 3.31. The van der Waals surface area contributed by atoms with E-state index in [1.54, 1.807) is 0 Å². The smallest absolute Gasteiger partial charge is 0.0830 e. The molecule has 0 saturated carbocycles. The van der Waals surface area contributed by atoms with Crippen LogP contribution in [0.5, 0.6) is 0 Å². The number of aliphatic hydroxyl groups is 2. The predicted octanol–water partition coefficient (Wildman–Crippen LogP) is 1.62. The summed E-state index contributed by atoms with van der Waals surface area (Å²) < 4.78 is 5.58. The fourth-order valence-corrected chi connectivity index (χ4v) is 2.65. The van der Waals surface area contributed by atoms with Crippen molar-refractivity contribution in [1.29, 1.82) is 0 Å². The van der Waals surface area contributed by atoms with Crippen LogP contribution in [0.3, 0.4) is 0 Å². The molecule has 1 aromatic rings. The average molecular weight is 250 g/mol. The molecule has 1 aliphatic rings. The predicted molar refractivity (Wildman–Crippen MR) is 70.2 cm³/mol. The van der Waals surface area contributed by atoms with Crippen molar-refractivity contribution in [3.05, 3.63) is 35.9 Å². The van der Waals surface area contributed by atoms with Gasteiger partial charge < -0.3 is 14.9 Å². The molecule has 1 fully saturated rings. The van der Waals surface area contributed by atoms with Gasteiger partial charge in [-0.15, -0.1) is 0 Å². The van der Waals surface area contributed by atoms with Gasteiger partial charge in [-0.2, -0.15) is 0 Å². The van der Waals surface area contributed by atoms with Gasteiger partial charge >= 0.3 is 0 Å². The number of aliphatic hydroxyl groups excluding tert-OH is 2. The van der Waals surface area contributed by atoms with Crippen LogP contribution in [0.25, 0.3) is 0 Å². The second-order valence-corrected chi connectivity index (χ2v) is 5.26. The quantitative estimate of drug-likeness (QED) is 0.857. The molecule has 1 heterocycles. The van der Waals surface area contributed by atoms with E-state index >= 15 is 0 Å². The molecule has 3 nitrogen and oxygen atoms in total. The van der Waals surface area contributed by atoms with Crippen molar-refractivity contribution in [1.82, 2.24) is 0 Å². The lowest BCUT2D eigenvalue weighted by molar-refractivity contribution is -0.0378. The summed E-state index contributed by atoms with van der Waals surface area (Å²) in [4.78, 5) is 0. The molecule has 3 heteroatoms. The molecule has 1 aliphatic heterocycles. The molecule has 0 aromatic heterocycles. The minimum Gasteiger partial charge on any atom is -0.396 e. The molecule has 1 aromatic carbocycles. The van der Waals surface area contributed by atoms with Crippen LogP contribution in [0.4, 0.5) is 0 Å². The Balaban J connectivity index is 2.07. The Kier molecular flexibility index (Phi) is 4.75. The summed E-state index contributed by atoms with van der Waals surface area (Å²) in [6.07, 6.45) is 1.04. The largest absolute Gasteiger partial charge is 0.396 e. The van der Waals surface area contributed by atoms with Crippen LogP contribution in [-0.4, -0.2) is 35.6 Å². The van der Waals surface area contributed by atoms with Gasteiger partial charge in [0.2, 0.25) is 0 Å². The van der Waals surface area contributed by atoms with Crippen molar-refractivity contribution in [2.75, 3.05) is 13.2 Å². The van der Waals surface area contributed by atoms with Gasteiger partial charge in [0.15, 0.2) is 0 Å². The number of benzene rings is 1. The highest BCUT2D eigenvalue weighted by atomic mass is 16.5. The molecule has 4 atom stereocenters. The maximum Gasteiger partial charge on any atom is 0.0830 e. The second-order valence-electron chi connectivity index (χ2n) is 5.26. The lowest BCUT2D eigenvalue weighted by Crippen LogP contribution is -2.32. The fraction of sp³-hybridized carbons (Fsp3) is 0.600. The van der Waals surface area contributed by atoms with E-state index in [1.807, 2.05) is 25.1 Å². The van der Waals surface area contributed by atoms with Crippen LogP contribution in [0.2, 0.25) is 0 Å². The molecule has 0 unspecified atom stereocenters. The van der Waals surface area contributed by atoms with Crippen LogP contribution in [-0.2, 0) is 11.2 Å². The van der Waals surface area contributed by atoms with Crippen molar-refractivity contribution >= 4 is 0 Å². The maximum atomic E-state index is 10.3. The van der Waals surface area contributed by atoms with E-state index in [4.69, 9.17) is 4.74 Å². The number of rotatable bonds is 3.